The van der Waals surface area contributed by atoms with E-state index in [0.29, 0.717) is 0 Å². The zero-order valence-electron chi connectivity index (χ0n) is 11.8. The SMILES string of the molecule is CC(=O)CNC(=O)C1=CC=C(c2noc(C(F)(F)F)n2)CC1F. The summed E-state index contributed by atoms with van der Waals surface area (Å²) in [4.78, 5) is 25.6. The van der Waals surface area contributed by atoms with Gasteiger partial charge in [0, 0.05) is 12.0 Å². The van der Waals surface area contributed by atoms with E-state index in [0.717, 1.165) is 6.08 Å². The number of ketones is 1. The lowest BCUT2D eigenvalue weighted by Crippen LogP contribution is -2.33. The highest BCUT2D eigenvalue weighted by Crippen LogP contribution is 2.31. The minimum absolute atomic E-state index is 0.0693. The molecule has 0 aliphatic heterocycles. The molecule has 0 saturated carbocycles. The van der Waals surface area contributed by atoms with Crippen molar-refractivity contribution in [2.24, 2.45) is 0 Å². The van der Waals surface area contributed by atoms with Crippen molar-refractivity contribution in [1.82, 2.24) is 15.5 Å². The molecule has 10 heteroatoms. The van der Waals surface area contributed by atoms with Gasteiger partial charge in [-0.2, -0.15) is 18.2 Å². The molecule has 1 amide bonds. The van der Waals surface area contributed by atoms with Gasteiger partial charge in [0.1, 0.15) is 12.0 Å². The topological polar surface area (TPSA) is 85.1 Å². The molecule has 0 fully saturated rings. The van der Waals surface area contributed by atoms with Crippen LogP contribution in [0.15, 0.2) is 22.2 Å². The monoisotopic (exact) mass is 333 g/mol. The van der Waals surface area contributed by atoms with Crippen molar-refractivity contribution in [2.75, 3.05) is 6.54 Å². The lowest BCUT2D eigenvalue weighted by molar-refractivity contribution is -0.159. The zero-order valence-corrected chi connectivity index (χ0v) is 11.8. The van der Waals surface area contributed by atoms with E-state index in [2.05, 4.69) is 20.0 Å². The first-order valence-electron chi connectivity index (χ1n) is 6.42. The summed E-state index contributed by atoms with van der Waals surface area (Å²) in [6.45, 7) is 1.02. The molecule has 0 radical (unpaired) electrons. The molecule has 6 nitrogen and oxygen atoms in total. The lowest BCUT2D eigenvalue weighted by Gasteiger charge is -2.16. The van der Waals surface area contributed by atoms with Crippen molar-refractivity contribution in [3.05, 3.63) is 29.4 Å². The van der Waals surface area contributed by atoms with Crippen LogP contribution in [0.5, 0.6) is 0 Å². The third-order valence-electron chi connectivity index (χ3n) is 2.92. The number of carbonyl (C=O) groups excluding carboxylic acids is 2. The first-order chi connectivity index (χ1) is 10.7. The Hall–Kier alpha value is -2.52. The summed E-state index contributed by atoms with van der Waals surface area (Å²) in [5.74, 6) is -2.97. The summed E-state index contributed by atoms with van der Waals surface area (Å²) < 4.78 is 55.2. The van der Waals surface area contributed by atoms with Crippen LogP contribution in [0.1, 0.15) is 25.1 Å². The van der Waals surface area contributed by atoms with Crippen LogP contribution in [0.3, 0.4) is 0 Å². The number of nitrogens with zero attached hydrogens (tertiary/aromatic N) is 2. The summed E-state index contributed by atoms with van der Waals surface area (Å²) in [5, 5.41) is 5.39. The normalized spacial score (nSPS) is 18.2. The zero-order chi connectivity index (χ0) is 17.2. The van der Waals surface area contributed by atoms with Crippen LogP contribution in [0.4, 0.5) is 17.6 Å². The lowest BCUT2D eigenvalue weighted by atomic mass is 9.95. The molecule has 0 aromatic carbocycles. The Balaban J connectivity index is 2.16. The number of rotatable bonds is 4. The van der Waals surface area contributed by atoms with E-state index in [1.807, 2.05) is 0 Å². The van der Waals surface area contributed by atoms with Crippen LogP contribution in [0.2, 0.25) is 0 Å². The van der Waals surface area contributed by atoms with Crippen molar-refractivity contribution in [3.63, 3.8) is 0 Å². The van der Waals surface area contributed by atoms with Crippen molar-refractivity contribution < 1.29 is 31.7 Å². The van der Waals surface area contributed by atoms with Crippen molar-refractivity contribution in [3.8, 4) is 0 Å². The van der Waals surface area contributed by atoms with Crippen molar-refractivity contribution >= 4 is 17.3 Å². The number of aromatic nitrogens is 2. The Bertz CT molecular complexity index is 691. The number of halogens is 4. The summed E-state index contributed by atoms with van der Waals surface area (Å²) >= 11 is 0. The second-order valence-corrected chi connectivity index (χ2v) is 4.79. The van der Waals surface area contributed by atoms with Gasteiger partial charge >= 0.3 is 12.1 Å². The number of carbonyl (C=O) groups is 2. The van der Waals surface area contributed by atoms with Gasteiger partial charge in [-0.1, -0.05) is 17.3 Å². The van der Waals surface area contributed by atoms with Gasteiger partial charge < -0.3 is 9.84 Å². The second kappa shape index (κ2) is 6.31. The molecule has 0 saturated heterocycles. The fraction of sp³-hybridized carbons (Fsp3) is 0.385. The van der Waals surface area contributed by atoms with Gasteiger partial charge in [0.25, 0.3) is 5.91 Å². The number of amides is 1. The Morgan fingerprint density at radius 1 is 1.39 bits per heavy atom. The van der Waals surface area contributed by atoms with E-state index in [9.17, 15) is 27.2 Å². The molecule has 2 rings (SSSR count). The highest BCUT2D eigenvalue weighted by atomic mass is 19.4. The van der Waals surface area contributed by atoms with Gasteiger partial charge in [-0.05, 0) is 6.92 Å². The minimum atomic E-state index is -4.79. The predicted octanol–water partition coefficient (Wildman–Crippen LogP) is 1.85. The predicted molar refractivity (Wildman–Crippen MR) is 68.6 cm³/mol. The Labute approximate surface area is 127 Å². The van der Waals surface area contributed by atoms with Crippen molar-refractivity contribution in [2.45, 2.75) is 25.7 Å². The standard InChI is InChI=1S/C13H11F4N3O3/c1-6(21)5-18-11(22)8-3-2-7(4-9(8)14)10-19-12(23-20-10)13(15,16)17/h2-3,9H,4-5H2,1H3,(H,18,22). The summed E-state index contributed by atoms with van der Waals surface area (Å²) in [6, 6.07) is 0. The van der Waals surface area contributed by atoms with Crippen LogP contribution in [0, 0.1) is 0 Å². The van der Waals surface area contributed by atoms with Crippen LogP contribution >= 0.6 is 0 Å². The maximum Gasteiger partial charge on any atom is 0.471 e. The molecule has 1 N–H and O–H groups in total. The van der Waals surface area contributed by atoms with Gasteiger partial charge in [0.15, 0.2) is 5.82 Å². The molecule has 1 aromatic heterocycles. The molecule has 1 aliphatic carbocycles. The quantitative estimate of drug-likeness (QED) is 0.850. The van der Waals surface area contributed by atoms with Crippen molar-refractivity contribution in [1.29, 1.82) is 0 Å². The van der Waals surface area contributed by atoms with Gasteiger partial charge in [-0.3, -0.25) is 9.59 Å². The average Bonchev–Trinajstić information content (AvgIpc) is 2.94. The number of nitrogens with one attached hydrogen (secondary N) is 1. The third-order valence-corrected chi connectivity index (χ3v) is 2.92. The van der Waals surface area contributed by atoms with Gasteiger partial charge in [-0.25, -0.2) is 4.39 Å². The molecule has 1 aliphatic rings. The first kappa shape index (κ1) is 16.8. The largest absolute Gasteiger partial charge is 0.471 e. The second-order valence-electron chi connectivity index (χ2n) is 4.79. The van der Waals surface area contributed by atoms with Gasteiger partial charge in [-0.15, -0.1) is 0 Å². The summed E-state index contributed by atoms with van der Waals surface area (Å²) in [7, 11) is 0. The highest BCUT2D eigenvalue weighted by molar-refractivity contribution is 5.98. The third kappa shape index (κ3) is 4.02. The van der Waals surface area contributed by atoms with E-state index in [4.69, 9.17) is 0 Å². The van der Waals surface area contributed by atoms with Crippen LogP contribution in [-0.2, 0) is 15.8 Å². The van der Waals surface area contributed by atoms with Crippen LogP contribution < -0.4 is 5.32 Å². The van der Waals surface area contributed by atoms with E-state index in [1.54, 1.807) is 0 Å². The molecule has 124 valence electrons. The van der Waals surface area contributed by atoms with Crippen LogP contribution in [-0.4, -0.2) is 34.5 Å². The molecule has 1 aromatic rings. The van der Waals surface area contributed by atoms with E-state index in [-0.39, 0.29) is 35.7 Å². The molecule has 23 heavy (non-hydrogen) atoms. The first-order valence-corrected chi connectivity index (χ1v) is 6.42. The maximum absolute atomic E-state index is 14.0. The molecule has 1 unspecified atom stereocenters. The van der Waals surface area contributed by atoms with Crippen LogP contribution in [0.25, 0.3) is 5.57 Å². The number of hydrogen-bond acceptors (Lipinski definition) is 5. The van der Waals surface area contributed by atoms with E-state index < -0.39 is 24.1 Å². The Kier molecular flexibility index (Phi) is 4.62. The molecular formula is C13H11F4N3O3. The van der Waals surface area contributed by atoms with Gasteiger partial charge in [0.05, 0.1) is 12.1 Å². The Morgan fingerprint density at radius 2 is 2.09 bits per heavy atom. The number of alkyl halides is 4. The number of allylic oxidation sites excluding steroid dienone is 3. The molecule has 1 heterocycles. The maximum atomic E-state index is 14.0. The molecule has 0 spiro atoms. The fourth-order valence-corrected chi connectivity index (χ4v) is 1.83. The molecule has 0 bridgehead atoms. The molecule has 1 atom stereocenters. The summed E-state index contributed by atoms with van der Waals surface area (Å²) in [6.07, 6.45) is -4.57. The number of Topliss-reactive ketones (excluding diaryl/α,β-unsaturated/α-hetero) is 1. The fourth-order valence-electron chi connectivity index (χ4n) is 1.83. The summed E-state index contributed by atoms with van der Waals surface area (Å²) in [5.41, 5.74) is -0.158. The Morgan fingerprint density at radius 3 is 2.61 bits per heavy atom. The van der Waals surface area contributed by atoms with E-state index >= 15 is 0 Å². The molecular weight excluding hydrogens is 322 g/mol. The average molecular weight is 333 g/mol. The number of hydrogen-bond donors (Lipinski definition) is 1. The van der Waals surface area contributed by atoms with Gasteiger partial charge in [0.2, 0.25) is 0 Å². The minimum Gasteiger partial charge on any atom is -0.345 e. The smallest absolute Gasteiger partial charge is 0.345 e. The van der Waals surface area contributed by atoms with E-state index in [1.165, 1.54) is 13.0 Å². The highest BCUT2D eigenvalue weighted by Gasteiger charge is 2.39.